The van der Waals surface area contributed by atoms with Crippen molar-refractivity contribution in [3.8, 4) is 0 Å². The molecule has 1 aromatic heterocycles. The van der Waals surface area contributed by atoms with Crippen LogP contribution < -0.4 is 5.32 Å². The number of hydrogen-bond donors (Lipinski definition) is 1. The number of hydrogen-bond acceptors (Lipinski definition) is 2. The van der Waals surface area contributed by atoms with Crippen molar-refractivity contribution in [3.05, 3.63) is 58.3 Å². The van der Waals surface area contributed by atoms with Crippen LogP contribution >= 0.6 is 11.6 Å². The molecule has 0 saturated heterocycles. The van der Waals surface area contributed by atoms with E-state index in [4.69, 9.17) is 16.0 Å². The maximum absolute atomic E-state index is 13.3. The standard InChI is InChI=1S/C15H17ClFNO/c1-3-18-13(14-6-7-15(16)19-14)9-11-8-12(17)5-4-10(11)2/h4-8,13,18H,3,9H2,1-2H3. The first-order chi connectivity index (χ1) is 9.10. The van der Waals surface area contributed by atoms with Crippen molar-refractivity contribution < 1.29 is 8.81 Å². The number of nitrogens with one attached hydrogen (secondary N) is 1. The molecular weight excluding hydrogens is 265 g/mol. The number of rotatable bonds is 5. The molecule has 0 bridgehead atoms. The molecule has 1 aromatic carbocycles. The highest BCUT2D eigenvalue weighted by molar-refractivity contribution is 6.28. The first kappa shape index (κ1) is 14.1. The van der Waals surface area contributed by atoms with Crippen LogP contribution in [0, 0.1) is 12.7 Å². The van der Waals surface area contributed by atoms with Crippen LogP contribution in [0.15, 0.2) is 34.7 Å². The fourth-order valence-electron chi connectivity index (χ4n) is 2.12. The summed E-state index contributed by atoms with van der Waals surface area (Å²) in [4.78, 5) is 0. The van der Waals surface area contributed by atoms with Crippen molar-refractivity contribution in [1.82, 2.24) is 5.32 Å². The van der Waals surface area contributed by atoms with E-state index in [9.17, 15) is 4.39 Å². The van der Waals surface area contributed by atoms with Gasteiger partial charge in [0.2, 0.25) is 0 Å². The lowest BCUT2D eigenvalue weighted by Gasteiger charge is -2.17. The summed E-state index contributed by atoms with van der Waals surface area (Å²) in [6, 6.07) is 8.42. The third kappa shape index (κ3) is 3.58. The normalized spacial score (nSPS) is 12.6. The van der Waals surface area contributed by atoms with E-state index in [2.05, 4.69) is 5.32 Å². The molecule has 0 amide bonds. The molecule has 1 unspecified atom stereocenters. The zero-order valence-electron chi connectivity index (χ0n) is 11.0. The fourth-order valence-corrected chi connectivity index (χ4v) is 2.27. The summed E-state index contributed by atoms with van der Waals surface area (Å²) in [7, 11) is 0. The van der Waals surface area contributed by atoms with Gasteiger partial charge in [-0.25, -0.2) is 4.39 Å². The second kappa shape index (κ2) is 6.22. The van der Waals surface area contributed by atoms with Gasteiger partial charge in [0.05, 0.1) is 6.04 Å². The van der Waals surface area contributed by atoms with Crippen molar-refractivity contribution in [1.29, 1.82) is 0 Å². The van der Waals surface area contributed by atoms with Crippen LogP contribution in [0.1, 0.15) is 29.9 Å². The molecule has 0 radical (unpaired) electrons. The molecule has 4 heteroatoms. The monoisotopic (exact) mass is 281 g/mol. The minimum Gasteiger partial charge on any atom is -0.448 e. The molecule has 0 aliphatic heterocycles. The van der Waals surface area contributed by atoms with Crippen LogP contribution in [-0.4, -0.2) is 6.54 Å². The third-order valence-electron chi connectivity index (χ3n) is 3.12. The molecule has 2 nitrogen and oxygen atoms in total. The highest BCUT2D eigenvalue weighted by atomic mass is 35.5. The van der Waals surface area contributed by atoms with Gasteiger partial charge in [-0.05, 0) is 66.9 Å². The van der Waals surface area contributed by atoms with Gasteiger partial charge in [-0.2, -0.15) is 0 Å². The van der Waals surface area contributed by atoms with Crippen molar-refractivity contribution in [2.75, 3.05) is 6.54 Å². The molecule has 1 atom stereocenters. The fraction of sp³-hybridized carbons (Fsp3) is 0.333. The smallest absolute Gasteiger partial charge is 0.193 e. The number of aryl methyl sites for hydroxylation is 1. The predicted octanol–water partition coefficient (Wildman–Crippen LogP) is 4.27. The van der Waals surface area contributed by atoms with Gasteiger partial charge in [-0.3, -0.25) is 0 Å². The Bertz CT molecular complexity index is 553. The first-order valence-electron chi connectivity index (χ1n) is 6.33. The van der Waals surface area contributed by atoms with Crippen molar-refractivity contribution in [3.63, 3.8) is 0 Å². The molecule has 2 rings (SSSR count). The number of likely N-dealkylation sites (N-methyl/N-ethyl adjacent to an activating group) is 1. The average Bonchev–Trinajstić information content (AvgIpc) is 2.80. The maximum Gasteiger partial charge on any atom is 0.193 e. The van der Waals surface area contributed by atoms with Gasteiger partial charge in [-0.1, -0.05) is 13.0 Å². The van der Waals surface area contributed by atoms with E-state index in [-0.39, 0.29) is 11.9 Å². The maximum atomic E-state index is 13.3. The van der Waals surface area contributed by atoms with E-state index in [1.165, 1.54) is 6.07 Å². The van der Waals surface area contributed by atoms with E-state index in [0.29, 0.717) is 11.6 Å². The second-order valence-electron chi connectivity index (χ2n) is 4.53. The molecule has 2 aromatic rings. The zero-order valence-corrected chi connectivity index (χ0v) is 11.8. The first-order valence-corrected chi connectivity index (χ1v) is 6.71. The van der Waals surface area contributed by atoms with Gasteiger partial charge in [-0.15, -0.1) is 0 Å². The van der Waals surface area contributed by atoms with E-state index in [0.717, 1.165) is 23.4 Å². The molecule has 0 saturated carbocycles. The number of benzene rings is 1. The second-order valence-corrected chi connectivity index (χ2v) is 4.90. The third-order valence-corrected chi connectivity index (χ3v) is 3.33. The molecule has 0 aliphatic carbocycles. The Morgan fingerprint density at radius 2 is 2.11 bits per heavy atom. The van der Waals surface area contributed by atoms with Crippen molar-refractivity contribution in [2.45, 2.75) is 26.3 Å². The highest BCUT2D eigenvalue weighted by Crippen LogP contribution is 2.24. The van der Waals surface area contributed by atoms with Gasteiger partial charge in [0, 0.05) is 0 Å². The Labute approximate surface area is 117 Å². The van der Waals surface area contributed by atoms with Crippen LogP contribution in [0.5, 0.6) is 0 Å². The van der Waals surface area contributed by atoms with E-state index in [1.807, 2.05) is 19.9 Å². The molecule has 1 heterocycles. The SMILES string of the molecule is CCNC(Cc1cc(F)ccc1C)c1ccc(Cl)o1. The van der Waals surface area contributed by atoms with Gasteiger partial charge in [0.1, 0.15) is 11.6 Å². The Morgan fingerprint density at radius 3 is 2.74 bits per heavy atom. The van der Waals surface area contributed by atoms with Crippen LogP contribution in [0.4, 0.5) is 4.39 Å². The molecule has 0 spiro atoms. The number of furan rings is 1. The van der Waals surface area contributed by atoms with Crippen LogP contribution in [0.25, 0.3) is 0 Å². The Kier molecular flexibility index (Phi) is 4.61. The largest absolute Gasteiger partial charge is 0.448 e. The van der Waals surface area contributed by atoms with Crippen molar-refractivity contribution in [2.24, 2.45) is 0 Å². The van der Waals surface area contributed by atoms with E-state index < -0.39 is 0 Å². The number of halogens is 2. The van der Waals surface area contributed by atoms with Gasteiger partial charge < -0.3 is 9.73 Å². The summed E-state index contributed by atoms with van der Waals surface area (Å²) >= 11 is 5.81. The summed E-state index contributed by atoms with van der Waals surface area (Å²) in [5.74, 6) is 0.559. The topological polar surface area (TPSA) is 25.2 Å². The lowest BCUT2D eigenvalue weighted by atomic mass is 9.99. The molecule has 0 aliphatic rings. The minimum absolute atomic E-state index is 0.00185. The predicted molar refractivity (Wildman–Crippen MR) is 75.0 cm³/mol. The Hall–Kier alpha value is -1.32. The summed E-state index contributed by atoms with van der Waals surface area (Å²) < 4.78 is 18.8. The summed E-state index contributed by atoms with van der Waals surface area (Å²) in [6.45, 7) is 4.81. The molecular formula is C15H17ClFNO. The van der Waals surface area contributed by atoms with Gasteiger partial charge >= 0.3 is 0 Å². The summed E-state index contributed by atoms with van der Waals surface area (Å²) in [5, 5.41) is 3.70. The molecule has 0 fully saturated rings. The summed E-state index contributed by atoms with van der Waals surface area (Å²) in [5.41, 5.74) is 2.04. The quantitative estimate of drug-likeness (QED) is 0.885. The van der Waals surface area contributed by atoms with E-state index in [1.54, 1.807) is 18.2 Å². The van der Waals surface area contributed by atoms with Crippen molar-refractivity contribution >= 4 is 11.6 Å². The summed E-state index contributed by atoms with van der Waals surface area (Å²) in [6.07, 6.45) is 0.668. The molecule has 102 valence electrons. The molecule has 19 heavy (non-hydrogen) atoms. The zero-order chi connectivity index (χ0) is 13.8. The molecule has 1 N–H and O–H groups in total. The van der Waals surface area contributed by atoms with Crippen LogP contribution in [0.3, 0.4) is 0 Å². The Balaban J connectivity index is 2.23. The highest BCUT2D eigenvalue weighted by Gasteiger charge is 2.16. The van der Waals surface area contributed by atoms with Crippen LogP contribution in [0.2, 0.25) is 5.22 Å². The van der Waals surface area contributed by atoms with E-state index >= 15 is 0 Å². The Morgan fingerprint density at radius 1 is 1.32 bits per heavy atom. The minimum atomic E-state index is -0.215. The van der Waals surface area contributed by atoms with Gasteiger partial charge in [0.25, 0.3) is 0 Å². The average molecular weight is 282 g/mol. The lowest BCUT2D eigenvalue weighted by molar-refractivity contribution is 0.416. The lowest BCUT2D eigenvalue weighted by Crippen LogP contribution is -2.22. The van der Waals surface area contributed by atoms with Crippen LogP contribution in [-0.2, 0) is 6.42 Å². The van der Waals surface area contributed by atoms with Gasteiger partial charge in [0.15, 0.2) is 5.22 Å².